The van der Waals surface area contributed by atoms with Gasteiger partial charge in [0.15, 0.2) is 0 Å². The summed E-state index contributed by atoms with van der Waals surface area (Å²) in [6.45, 7) is 0. The Morgan fingerprint density at radius 1 is 0.581 bits per heavy atom. The van der Waals surface area contributed by atoms with Crippen LogP contribution in [0.1, 0.15) is 22.3 Å². The molecular weight excluding hydrogens is 444 g/mol. The standard InChI is InChI=1S/C29H17BrO/c30-19-14-16-27-25(17-19)29(24-11-5-6-12-26(24)31-27)23-10-4-3-9-21(23)22-15-13-18-7-1-2-8-20(18)28(22)29/h1-17H. The van der Waals surface area contributed by atoms with Crippen molar-refractivity contribution in [3.63, 3.8) is 0 Å². The highest BCUT2D eigenvalue weighted by atomic mass is 79.9. The van der Waals surface area contributed by atoms with E-state index in [0.29, 0.717) is 0 Å². The van der Waals surface area contributed by atoms with Crippen molar-refractivity contribution in [3.05, 3.63) is 130 Å². The SMILES string of the molecule is Brc1ccc2c(c1)C1(c3ccccc3O2)c2ccccc2-c2ccc3ccccc3c21. The van der Waals surface area contributed by atoms with E-state index < -0.39 is 5.41 Å². The quantitative estimate of drug-likeness (QED) is 0.222. The molecule has 0 fully saturated rings. The molecule has 0 saturated carbocycles. The largest absolute Gasteiger partial charge is 0.457 e. The van der Waals surface area contributed by atoms with Crippen molar-refractivity contribution >= 4 is 26.7 Å². The minimum atomic E-state index is -0.430. The highest BCUT2D eigenvalue weighted by Gasteiger charge is 2.51. The first-order valence-electron chi connectivity index (χ1n) is 10.5. The van der Waals surface area contributed by atoms with Crippen molar-refractivity contribution in [3.8, 4) is 22.6 Å². The third-order valence-electron chi connectivity index (χ3n) is 6.78. The molecule has 0 aromatic heterocycles. The topological polar surface area (TPSA) is 9.23 Å². The fraction of sp³-hybridized carbons (Fsp3) is 0.0345. The van der Waals surface area contributed by atoms with Crippen LogP contribution < -0.4 is 4.74 Å². The first-order valence-corrected chi connectivity index (χ1v) is 11.3. The van der Waals surface area contributed by atoms with Crippen molar-refractivity contribution in [1.82, 2.24) is 0 Å². The second-order valence-corrected chi connectivity index (χ2v) is 9.16. The first kappa shape index (κ1) is 17.3. The molecule has 1 atom stereocenters. The van der Waals surface area contributed by atoms with Crippen molar-refractivity contribution < 1.29 is 4.74 Å². The van der Waals surface area contributed by atoms with Crippen molar-refractivity contribution in [1.29, 1.82) is 0 Å². The predicted molar refractivity (Wildman–Crippen MR) is 129 cm³/mol. The smallest absolute Gasteiger partial charge is 0.132 e. The van der Waals surface area contributed by atoms with Crippen LogP contribution in [0.25, 0.3) is 21.9 Å². The fourth-order valence-electron chi connectivity index (χ4n) is 5.65. The molecular formula is C29H17BrO. The second kappa shape index (κ2) is 6.09. The summed E-state index contributed by atoms with van der Waals surface area (Å²) in [6.07, 6.45) is 0. The maximum atomic E-state index is 6.44. The molecule has 5 aromatic carbocycles. The Hall–Kier alpha value is -3.36. The Morgan fingerprint density at radius 2 is 1.32 bits per heavy atom. The molecule has 1 unspecified atom stereocenters. The molecule has 1 aliphatic carbocycles. The van der Waals surface area contributed by atoms with Gasteiger partial charge < -0.3 is 4.74 Å². The van der Waals surface area contributed by atoms with Crippen molar-refractivity contribution in [2.75, 3.05) is 0 Å². The molecule has 2 heteroatoms. The van der Waals surface area contributed by atoms with Gasteiger partial charge in [-0.05, 0) is 57.3 Å². The van der Waals surface area contributed by atoms with Gasteiger partial charge in [0.05, 0.1) is 5.41 Å². The zero-order chi connectivity index (χ0) is 20.6. The van der Waals surface area contributed by atoms with E-state index in [1.54, 1.807) is 0 Å². The third kappa shape index (κ3) is 2.11. The fourth-order valence-corrected chi connectivity index (χ4v) is 6.01. The summed E-state index contributed by atoms with van der Waals surface area (Å²) < 4.78 is 7.50. The van der Waals surface area contributed by atoms with Gasteiger partial charge in [-0.2, -0.15) is 0 Å². The zero-order valence-electron chi connectivity index (χ0n) is 16.6. The molecule has 1 spiro atoms. The summed E-state index contributed by atoms with van der Waals surface area (Å²) in [5, 5.41) is 2.55. The van der Waals surface area contributed by atoms with Crippen LogP contribution in [-0.4, -0.2) is 0 Å². The van der Waals surface area contributed by atoms with Gasteiger partial charge in [-0.15, -0.1) is 0 Å². The van der Waals surface area contributed by atoms with Crippen LogP contribution >= 0.6 is 15.9 Å². The number of rotatable bonds is 0. The minimum absolute atomic E-state index is 0.430. The average Bonchev–Trinajstić information content (AvgIpc) is 3.12. The van der Waals surface area contributed by atoms with Crippen LogP contribution in [0.3, 0.4) is 0 Å². The molecule has 0 saturated heterocycles. The van der Waals surface area contributed by atoms with Crippen molar-refractivity contribution in [2.24, 2.45) is 0 Å². The minimum Gasteiger partial charge on any atom is -0.457 e. The Bertz CT molecular complexity index is 1530. The molecule has 0 N–H and O–H groups in total. The molecule has 1 heterocycles. The highest BCUT2D eigenvalue weighted by molar-refractivity contribution is 9.10. The maximum absolute atomic E-state index is 6.44. The van der Waals surface area contributed by atoms with Gasteiger partial charge in [-0.1, -0.05) is 94.8 Å². The molecule has 7 rings (SSSR count). The highest BCUT2D eigenvalue weighted by Crippen LogP contribution is 2.63. The first-order chi connectivity index (χ1) is 15.3. The number of ether oxygens (including phenoxy) is 1. The molecule has 0 radical (unpaired) electrons. The van der Waals surface area contributed by atoms with Gasteiger partial charge in [-0.3, -0.25) is 0 Å². The summed E-state index contributed by atoms with van der Waals surface area (Å²) in [6, 6.07) is 37.0. The summed E-state index contributed by atoms with van der Waals surface area (Å²) in [7, 11) is 0. The van der Waals surface area contributed by atoms with Gasteiger partial charge in [0.1, 0.15) is 11.5 Å². The molecule has 0 amide bonds. The van der Waals surface area contributed by atoms with Gasteiger partial charge in [0.25, 0.3) is 0 Å². The van der Waals surface area contributed by atoms with Crippen LogP contribution in [0, 0.1) is 0 Å². The van der Waals surface area contributed by atoms with Gasteiger partial charge >= 0.3 is 0 Å². The average molecular weight is 461 g/mol. The van der Waals surface area contributed by atoms with Crippen LogP contribution in [0.5, 0.6) is 11.5 Å². The summed E-state index contributed by atoms with van der Waals surface area (Å²) in [4.78, 5) is 0. The van der Waals surface area contributed by atoms with Crippen LogP contribution in [0.15, 0.2) is 108 Å². The van der Waals surface area contributed by atoms with E-state index in [-0.39, 0.29) is 0 Å². The summed E-state index contributed by atoms with van der Waals surface area (Å²) in [5.74, 6) is 1.84. The molecule has 146 valence electrons. The number of hydrogen-bond donors (Lipinski definition) is 0. The van der Waals surface area contributed by atoms with E-state index in [1.807, 2.05) is 0 Å². The molecule has 5 aromatic rings. The van der Waals surface area contributed by atoms with E-state index in [1.165, 1.54) is 44.2 Å². The lowest BCUT2D eigenvalue weighted by atomic mass is 9.65. The predicted octanol–water partition coefficient (Wildman–Crippen LogP) is 8.07. The Balaban J connectivity index is 1.78. The lowest BCUT2D eigenvalue weighted by Crippen LogP contribution is -2.32. The Morgan fingerprint density at radius 3 is 2.26 bits per heavy atom. The van der Waals surface area contributed by atoms with Gasteiger partial charge in [0.2, 0.25) is 0 Å². The van der Waals surface area contributed by atoms with Crippen molar-refractivity contribution in [2.45, 2.75) is 5.41 Å². The monoisotopic (exact) mass is 460 g/mol. The number of halogens is 1. The van der Waals surface area contributed by atoms with E-state index >= 15 is 0 Å². The maximum Gasteiger partial charge on any atom is 0.132 e. The lowest BCUT2D eigenvalue weighted by molar-refractivity contribution is 0.436. The van der Waals surface area contributed by atoms with E-state index in [2.05, 4.69) is 119 Å². The van der Waals surface area contributed by atoms with Gasteiger partial charge in [-0.25, -0.2) is 0 Å². The number of para-hydroxylation sites is 1. The number of fused-ring (bicyclic) bond motifs is 11. The Labute approximate surface area is 189 Å². The van der Waals surface area contributed by atoms with E-state index in [0.717, 1.165) is 16.0 Å². The molecule has 2 aliphatic rings. The number of benzene rings is 5. The second-order valence-electron chi connectivity index (χ2n) is 8.24. The third-order valence-corrected chi connectivity index (χ3v) is 7.28. The summed E-state index contributed by atoms with van der Waals surface area (Å²) >= 11 is 3.73. The molecule has 0 bridgehead atoms. The zero-order valence-corrected chi connectivity index (χ0v) is 18.2. The van der Waals surface area contributed by atoms with E-state index in [4.69, 9.17) is 4.74 Å². The van der Waals surface area contributed by atoms with Crippen LogP contribution in [0.4, 0.5) is 0 Å². The molecule has 1 nitrogen and oxygen atoms in total. The summed E-state index contributed by atoms with van der Waals surface area (Å²) in [5.41, 5.74) is 7.22. The Kier molecular flexibility index (Phi) is 3.40. The van der Waals surface area contributed by atoms with E-state index in [9.17, 15) is 0 Å². The molecule has 31 heavy (non-hydrogen) atoms. The van der Waals surface area contributed by atoms with Crippen LogP contribution in [-0.2, 0) is 5.41 Å². The van der Waals surface area contributed by atoms with Gasteiger partial charge in [0, 0.05) is 15.6 Å². The normalized spacial score (nSPS) is 17.6. The molecule has 1 aliphatic heterocycles. The number of hydrogen-bond acceptors (Lipinski definition) is 1. The van der Waals surface area contributed by atoms with Crippen LogP contribution in [0.2, 0.25) is 0 Å². The lowest BCUT2D eigenvalue weighted by Gasteiger charge is -2.40.